The zero-order valence-electron chi connectivity index (χ0n) is 8.34. The molecule has 3 nitrogen and oxygen atoms in total. The Balaban J connectivity index is 1.67. The van der Waals surface area contributed by atoms with Gasteiger partial charge in [-0.25, -0.2) is 0 Å². The lowest BCUT2D eigenvalue weighted by molar-refractivity contribution is 0.505. The Morgan fingerprint density at radius 3 is 3.08 bits per heavy atom. The molecule has 0 aromatic rings. The van der Waals surface area contributed by atoms with Crippen molar-refractivity contribution in [3.8, 4) is 0 Å². The summed E-state index contributed by atoms with van der Waals surface area (Å²) in [4.78, 5) is 4.31. The standard InChI is InChI=1S/C10H19N3/c1-8-2-3-9(6-8)7-13-10-11-4-5-12-10/h8-9H,2-7H2,1H3,(H2,11,12,13). The Labute approximate surface area is 80.0 Å². The Bertz CT molecular complexity index is 200. The highest BCUT2D eigenvalue weighted by Gasteiger charge is 2.21. The van der Waals surface area contributed by atoms with E-state index in [0.29, 0.717) is 0 Å². The van der Waals surface area contributed by atoms with Gasteiger partial charge in [-0.05, 0) is 24.7 Å². The number of aliphatic imine (C=N–C) groups is 1. The fraction of sp³-hybridized carbons (Fsp3) is 0.900. The summed E-state index contributed by atoms with van der Waals surface area (Å²) in [6.07, 6.45) is 4.19. The lowest BCUT2D eigenvalue weighted by Crippen LogP contribution is -2.36. The quantitative estimate of drug-likeness (QED) is 0.666. The third-order valence-corrected chi connectivity index (χ3v) is 3.04. The van der Waals surface area contributed by atoms with Gasteiger partial charge in [-0.2, -0.15) is 0 Å². The van der Waals surface area contributed by atoms with Crippen LogP contribution in [0.25, 0.3) is 0 Å². The predicted octanol–water partition coefficient (Wildman–Crippen LogP) is 0.971. The van der Waals surface area contributed by atoms with Crippen molar-refractivity contribution in [2.75, 3.05) is 19.6 Å². The molecule has 13 heavy (non-hydrogen) atoms. The molecule has 0 amide bonds. The molecule has 2 atom stereocenters. The maximum atomic E-state index is 4.31. The molecule has 1 aliphatic heterocycles. The number of hydrogen-bond donors (Lipinski definition) is 2. The van der Waals surface area contributed by atoms with Crippen molar-refractivity contribution in [1.82, 2.24) is 10.6 Å². The molecule has 2 aliphatic rings. The van der Waals surface area contributed by atoms with Crippen molar-refractivity contribution in [2.45, 2.75) is 26.2 Å². The highest BCUT2D eigenvalue weighted by Crippen LogP contribution is 2.29. The maximum Gasteiger partial charge on any atom is 0.191 e. The maximum absolute atomic E-state index is 4.31. The van der Waals surface area contributed by atoms with Gasteiger partial charge in [0.25, 0.3) is 0 Å². The van der Waals surface area contributed by atoms with Gasteiger partial charge in [0.05, 0.1) is 6.54 Å². The van der Waals surface area contributed by atoms with Gasteiger partial charge >= 0.3 is 0 Å². The average molecular weight is 181 g/mol. The third kappa shape index (κ3) is 2.36. The monoisotopic (exact) mass is 181 g/mol. The lowest BCUT2D eigenvalue weighted by Gasteiger charge is -2.11. The molecule has 1 saturated carbocycles. The summed E-state index contributed by atoms with van der Waals surface area (Å²) in [5, 5.41) is 6.61. The summed E-state index contributed by atoms with van der Waals surface area (Å²) in [5.41, 5.74) is 0. The smallest absolute Gasteiger partial charge is 0.191 e. The number of nitrogens with one attached hydrogen (secondary N) is 2. The Kier molecular flexibility index (Phi) is 2.71. The third-order valence-electron chi connectivity index (χ3n) is 3.04. The van der Waals surface area contributed by atoms with Gasteiger partial charge in [0.15, 0.2) is 5.96 Å². The van der Waals surface area contributed by atoms with E-state index in [0.717, 1.165) is 37.4 Å². The normalized spacial score (nSPS) is 32.8. The van der Waals surface area contributed by atoms with Crippen LogP contribution in [-0.2, 0) is 0 Å². The largest absolute Gasteiger partial charge is 0.356 e. The molecule has 1 fully saturated rings. The molecule has 1 heterocycles. The second kappa shape index (κ2) is 3.99. The molecule has 2 rings (SSSR count). The van der Waals surface area contributed by atoms with Crippen molar-refractivity contribution in [3.63, 3.8) is 0 Å². The number of hydrogen-bond acceptors (Lipinski definition) is 3. The molecule has 0 aromatic heterocycles. The molecule has 0 aromatic carbocycles. The van der Waals surface area contributed by atoms with E-state index in [9.17, 15) is 0 Å². The summed E-state index contributed by atoms with van der Waals surface area (Å²) in [5.74, 6) is 2.82. The predicted molar refractivity (Wildman–Crippen MR) is 54.8 cm³/mol. The number of guanidine groups is 1. The zero-order chi connectivity index (χ0) is 9.10. The van der Waals surface area contributed by atoms with Gasteiger partial charge in [0, 0.05) is 13.1 Å². The second-order valence-electron chi connectivity index (χ2n) is 4.32. The van der Waals surface area contributed by atoms with Gasteiger partial charge in [-0.15, -0.1) is 0 Å². The fourth-order valence-electron chi connectivity index (χ4n) is 2.27. The Morgan fingerprint density at radius 2 is 2.46 bits per heavy atom. The van der Waals surface area contributed by atoms with E-state index in [-0.39, 0.29) is 0 Å². The summed E-state index contributed by atoms with van der Waals surface area (Å²) in [6, 6.07) is 0. The molecule has 0 bridgehead atoms. The van der Waals surface area contributed by atoms with Gasteiger partial charge in [0.1, 0.15) is 0 Å². The van der Waals surface area contributed by atoms with E-state index in [1.165, 1.54) is 19.3 Å². The highest BCUT2D eigenvalue weighted by atomic mass is 15.2. The van der Waals surface area contributed by atoms with Crippen LogP contribution in [0.4, 0.5) is 0 Å². The average Bonchev–Trinajstić information content (AvgIpc) is 2.71. The Hall–Kier alpha value is -0.730. The lowest BCUT2D eigenvalue weighted by atomic mass is 10.1. The van der Waals surface area contributed by atoms with E-state index in [1.54, 1.807) is 0 Å². The van der Waals surface area contributed by atoms with Crippen molar-refractivity contribution < 1.29 is 0 Å². The van der Waals surface area contributed by atoms with Crippen LogP contribution in [-0.4, -0.2) is 25.6 Å². The highest BCUT2D eigenvalue weighted by molar-refractivity contribution is 5.81. The van der Waals surface area contributed by atoms with Crippen LogP contribution >= 0.6 is 0 Å². The summed E-state index contributed by atoms with van der Waals surface area (Å²) < 4.78 is 0. The molecule has 0 saturated heterocycles. The van der Waals surface area contributed by atoms with Crippen LogP contribution in [0, 0.1) is 11.8 Å². The molecule has 0 spiro atoms. The van der Waals surface area contributed by atoms with E-state index >= 15 is 0 Å². The van der Waals surface area contributed by atoms with Crippen LogP contribution in [0.1, 0.15) is 26.2 Å². The van der Waals surface area contributed by atoms with Gasteiger partial charge in [0.2, 0.25) is 0 Å². The van der Waals surface area contributed by atoms with Crippen molar-refractivity contribution >= 4 is 5.96 Å². The minimum atomic E-state index is 0.875. The SMILES string of the molecule is CC1CCC(CNC2=NCCN2)C1. The molecule has 74 valence electrons. The minimum absolute atomic E-state index is 0.875. The zero-order valence-corrected chi connectivity index (χ0v) is 8.34. The van der Waals surface area contributed by atoms with E-state index in [1.807, 2.05) is 0 Å². The topological polar surface area (TPSA) is 36.4 Å². The number of rotatable bonds is 2. The first-order valence-electron chi connectivity index (χ1n) is 5.37. The van der Waals surface area contributed by atoms with Crippen LogP contribution in [0.2, 0.25) is 0 Å². The Morgan fingerprint density at radius 1 is 1.54 bits per heavy atom. The fourth-order valence-corrected chi connectivity index (χ4v) is 2.27. The van der Waals surface area contributed by atoms with Crippen molar-refractivity contribution in [3.05, 3.63) is 0 Å². The van der Waals surface area contributed by atoms with Gasteiger partial charge in [-0.1, -0.05) is 13.3 Å². The van der Waals surface area contributed by atoms with Crippen LogP contribution in [0.5, 0.6) is 0 Å². The summed E-state index contributed by atoms with van der Waals surface area (Å²) in [6.45, 7) is 5.40. The van der Waals surface area contributed by atoms with Crippen LogP contribution in [0.15, 0.2) is 4.99 Å². The molecule has 2 N–H and O–H groups in total. The second-order valence-corrected chi connectivity index (χ2v) is 4.32. The molecular formula is C10H19N3. The first-order chi connectivity index (χ1) is 6.34. The first kappa shape index (κ1) is 8.85. The summed E-state index contributed by atoms with van der Waals surface area (Å²) in [7, 11) is 0. The van der Waals surface area contributed by atoms with Crippen molar-refractivity contribution in [2.24, 2.45) is 16.8 Å². The molecule has 1 aliphatic carbocycles. The van der Waals surface area contributed by atoms with Crippen LogP contribution in [0.3, 0.4) is 0 Å². The molecule has 0 radical (unpaired) electrons. The van der Waals surface area contributed by atoms with Crippen LogP contribution < -0.4 is 10.6 Å². The van der Waals surface area contributed by atoms with Gasteiger partial charge < -0.3 is 10.6 Å². The molecule has 3 heteroatoms. The van der Waals surface area contributed by atoms with E-state index in [2.05, 4.69) is 22.5 Å². The minimum Gasteiger partial charge on any atom is -0.356 e. The van der Waals surface area contributed by atoms with Crippen molar-refractivity contribution in [1.29, 1.82) is 0 Å². The summed E-state index contributed by atoms with van der Waals surface area (Å²) >= 11 is 0. The van der Waals surface area contributed by atoms with E-state index in [4.69, 9.17) is 0 Å². The molecular weight excluding hydrogens is 162 g/mol. The first-order valence-corrected chi connectivity index (χ1v) is 5.37. The van der Waals surface area contributed by atoms with Gasteiger partial charge in [-0.3, -0.25) is 4.99 Å². The molecule has 2 unspecified atom stereocenters. The number of nitrogens with zero attached hydrogens (tertiary/aromatic N) is 1. The van der Waals surface area contributed by atoms with E-state index < -0.39 is 0 Å².